The van der Waals surface area contributed by atoms with Crippen LogP contribution in [-0.2, 0) is 16.0 Å². The molecule has 3 aromatic rings. The predicted octanol–water partition coefficient (Wildman–Crippen LogP) is 4.05. The lowest BCUT2D eigenvalue weighted by Crippen LogP contribution is -2.32. The summed E-state index contributed by atoms with van der Waals surface area (Å²) in [5.41, 5.74) is 2.90. The number of nitrogens with one attached hydrogen (secondary N) is 2. The second-order valence-corrected chi connectivity index (χ2v) is 7.41. The van der Waals surface area contributed by atoms with Crippen LogP contribution in [0.3, 0.4) is 0 Å². The first-order valence-electron chi connectivity index (χ1n) is 9.43. The number of aromatic nitrogens is 1. The molecule has 0 aliphatic heterocycles. The average Bonchev–Trinajstić information content (AvgIpc) is 3.12. The van der Waals surface area contributed by atoms with E-state index in [0.717, 1.165) is 28.5 Å². The molecule has 0 bridgehead atoms. The fourth-order valence-electron chi connectivity index (χ4n) is 3.17. The van der Waals surface area contributed by atoms with Crippen molar-refractivity contribution in [1.82, 2.24) is 10.3 Å². The number of esters is 1. The van der Waals surface area contributed by atoms with E-state index in [-0.39, 0.29) is 25.1 Å². The maximum absolute atomic E-state index is 11.2. The molecule has 1 heterocycles. The molecular formula is C22H26Cl2N2O4. The minimum Gasteiger partial charge on any atom is -0.482 e. The van der Waals surface area contributed by atoms with Crippen LogP contribution < -0.4 is 10.1 Å². The molecule has 2 atom stereocenters. The fraction of sp³-hybridized carbons (Fsp3) is 0.318. The van der Waals surface area contributed by atoms with Gasteiger partial charge in [-0.15, -0.1) is 12.4 Å². The van der Waals surface area contributed by atoms with Crippen molar-refractivity contribution in [3.05, 3.63) is 64.8 Å². The van der Waals surface area contributed by atoms with Crippen molar-refractivity contribution in [3.8, 4) is 5.75 Å². The quantitative estimate of drug-likeness (QED) is 0.426. The SMILES string of the molecule is COC(=O)COc1ccc2c(CC(C)NCC(O)c3cccc(Cl)c3)c[nH]c2c1.Cl. The third-order valence-corrected chi connectivity index (χ3v) is 4.98. The molecule has 162 valence electrons. The average molecular weight is 453 g/mol. The van der Waals surface area contributed by atoms with E-state index in [2.05, 4.69) is 22.0 Å². The van der Waals surface area contributed by atoms with Crippen LogP contribution >= 0.6 is 24.0 Å². The zero-order valence-corrected chi connectivity index (χ0v) is 18.4. The Morgan fingerprint density at radius 2 is 2.07 bits per heavy atom. The number of fused-ring (bicyclic) bond motifs is 1. The molecule has 0 amide bonds. The third kappa shape index (κ3) is 6.37. The number of halogens is 2. The number of aliphatic hydroxyl groups excluding tert-OH is 1. The lowest BCUT2D eigenvalue weighted by molar-refractivity contribution is -0.142. The molecule has 0 radical (unpaired) electrons. The van der Waals surface area contributed by atoms with Crippen LogP contribution in [0, 0.1) is 0 Å². The van der Waals surface area contributed by atoms with Crippen LogP contribution in [0.1, 0.15) is 24.2 Å². The number of hydrogen-bond donors (Lipinski definition) is 3. The minimum absolute atomic E-state index is 0. The number of ether oxygens (including phenoxy) is 2. The normalized spacial score (nSPS) is 12.8. The van der Waals surface area contributed by atoms with E-state index in [1.165, 1.54) is 7.11 Å². The second kappa shape index (κ2) is 11.2. The Balaban J connectivity index is 0.00000320. The van der Waals surface area contributed by atoms with E-state index in [1.54, 1.807) is 12.1 Å². The van der Waals surface area contributed by atoms with E-state index in [4.69, 9.17) is 16.3 Å². The smallest absolute Gasteiger partial charge is 0.343 e. The first-order valence-corrected chi connectivity index (χ1v) is 9.80. The monoisotopic (exact) mass is 452 g/mol. The number of H-pyrrole nitrogens is 1. The summed E-state index contributed by atoms with van der Waals surface area (Å²) in [5, 5.41) is 15.4. The molecule has 0 aliphatic rings. The largest absolute Gasteiger partial charge is 0.482 e. The van der Waals surface area contributed by atoms with Gasteiger partial charge in [-0.1, -0.05) is 23.7 Å². The summed E-state index contributed by atoms with van der Waals surface area (Å²) in [5.74, 6) is 0.184. The maximum atomic E-state index is 11.2. The highest BCUT2D eigenvalue weighted by molar-refractivity contribution is 6.30. The fourth-order valence-corrected chi connectivity index (χ4v) is 3.37. The van der Waals surface area contributed by atoms with Gasteiger partial charge in [0, 0.05) is 40.8 Å². The highest BCUT2D eigenvalue weighted by Crippen LogP contribution is 2.24. The summed E-state index contributed by atoms with van der Waals surface area (Å²) < 4.78 is 10.0. The molecule has 3 rings (SSSR count). The van der Waals surface area contributed by atoms with Crippen molar-refractivity contribution in [2.24, 2.45) is 0 Å². The van der Waals surface area contributed by atoms with Crippen LogP contribution in [0.15, 0.2) is 48.7 Å². The van der Waals surface area contributed by atoms with Gasteiger partial charge in [0.15, 0.2) is 6.61 Å². The van der Waals surface area contributed by atoms with Gasteiger partial charge in [-0.2, -0.15) is 0 Å². The van der Waals surface area contributed by atoms with Gasteiger partial charge in [-0.3, -0.25) is 0 Å². The van der Waals surface area contributed by atoms with Crippen LogP contribution in [0.5, 0.6) is 5.75 Å². The van der Waals surface area contributed by atoms with Crippen LogP contribution in [0.4, 0.5) is 0 Å². The van der Waals surface area contributed by atoms with Gasteiger partial charge in [0.05, 0.1) is 13.2 Å². The number of rotatable bonds is 9. The van der Waals surface area contributed by atoms with Gasteiger partial charge < -0.3 is 24.9 Å². The first kappa shape index (κ1) is 24.0. The molecule has 0 spiro atoms. The zero-order chi connectivity index (χ0) is 20.8. The zero-order valence-electron chi connectivity index (χ0n) is 16.9. The minimum atomic E-state index is -0.617. The third-order valence-electron chi connectivity index (χ3n) is 4.74. The van der Waals surface area contributed by atoms with Gasteiger partial charge in [0.25, 0.3) is 0 Å². The molecule has 8 heteroatoms. The number of benzene rings is 2. The molecule has 2 unspecified atom stereocenters. The van der Waals surface area contributed by atoms with E-state index in [9.17, 15) is 9.90 Å². The Morgan fingerprint density at radius 1 is 1.27 bits per heavy atom. The molecule has 3 N–H and O–H groups in total. The number of carbonyl (C=O) groups is 1. The molecular weight excluding hydrogens is 427 g/mol. The summed E-state index contributed by atoms with van der Waals surface area (Å²) in [6.07, 6.45) is 2.15. The summed E-state index contributed by atoms with van der Waals surface area (Å²) in [4.78, 5) is 14.4. The van der Waals surface area contributed by atoms with Gasteiger partial charge in [-0.25, -0.2) is 4.79 Å². The number of hydrogen-bond acceptors (Lipinski definition) is 5. The molecule has 0 saturated carbocycles. The number of aliphatic hydroxyl groups is 1. The Bertz CT molecular complexity index is 977. The van der Waals surface area contributed by atoms with Crippen molar-refractivity contribution >= 4 is 40.9 Å². The van der Waals surface area contributed by atoms with Crippen molar-refractivity contribution in [2.75, 3.05) is 20.3 Å². The second-order valence-electron chi connectivity index (χ2n) is 6.97. The molecule has 1 aromatic heterocycles. The Morgan fingerprint density at radius 3 is 2.80 bits per heavy atom. The molecule has 0 fully saturated rings. The number of aromatic amines is 1. The van der Waals surface area contributed by atoms with E-state index in [1.807, 2.05) is 36.5 Å². The van der Waals surface area contributed by atoms with Gasteiger partial charge in [0.1, 0.15) is 5.75 Å². The summed E-state index contributed by atoms with van der Waals surface area (Å²) in [6, 6.07) is 13.1. The molecule has 6 nitrogen and oxygen atoms in total. The van der Waals surface area contributed by atoms with Crippen LogP contribution in [-0.4, -0.2) is 42.4 Å². The van der Waals surface area contributed by atoms with E-state index in [0.29, 0.717) is 17.3 Å². The molecule has 30 heavy (non-hydrogen) atoms. The Labute approximate surface area is 186 Å². The lowest BCUT2D eigenvalue weighted by atomic mass is 10.0. The van der Waals surface area contributed by atoms with Crippen LogP contribution in [0.2, 0.25) is 5.02 Å². The Kier molecular flexibility index (Phi) is 8.99. The summed E-state index contributed by atoms with van der Waals surface area (Å²) in [6.45, 7) is 2.40. The van der Waals surface area contributed by atoms with Crippen LogP contribution in [0.25, 0.3) is 10.9 Å². The van der Waals surface area contributed by atoms with Gasteiger partial charge >= 0.3 is 5.97 Å². The maximum Gasteiger partial charge on any atom is 0.343 e. The summed E-state index contributed by atoms with van der Waals surface area (Å²) in [7, 11) is 1.33. The first-order chi connectivity index (χ1) is 14.0. The van der Waals surface area contributed by atoms with Crippen molar-refractivity contribution in [2.45, 2.75) is 25.5 Å². The van der Waals surface area contributed by atoms with Gasteiger partial charge in [0.2, 0.25) is 0 Å². The summed E-state index contributed by atoms with van der Waals surface area (Å²) >= 11 is 5.99. The molecule has 2 aromatic carbocycles. The number of methoxy groups -OCH3 is 1. The van der Waals surface area contributed by atoms with E-state index < -0.39 is 12.1 Å². The lowest BCUT2D eigenvalue weighted by Gasteiger charge is -2.17. The standard InChI is InChI=1S/C22H25ClN2O4.ClH/c1-14(24-12-21(26)15-4-3-5-17(23)9-15)8-16-11-25-20-10-18(6-7-19(16)20)29-13-22(27)28-2;/h3-7,9-11,14,21,24-26H,8,12-13H2,1-2H3;1H. The topological polar surface area (TPSA) is 83.6 Å². The molecule has 0 aliphatic carbocycles. The number of carbonyl (C=O) groups excluding carboxylic acids is 1. The highest BCUT2D eigenvalue weighted by atomic mass is 35.5. The van der Waals surface area contributed by atoms with Crippen molar-refractivity contribution in [1.29, 1.82) is 0 Å². The highest BCUT2D eigenvalue weighted by Gasteiger charge is 2.13. The Hall–Kier alpha value is -2.25. The van der Waals surface area contributed by atoms with Gasteiger partial charge in [-0.05, 0) is 48.7 Å². The predicted molar refractivity (Wildman–Crippen MR) is 121 cm³/mol. The van der Waals surface area contributed by atoms with E-state index >= 15 is 0 Å². The van der Waals surface area contributed by atoms with Crippen molar-refractivity contribution < 1.29 is 19.4 Å². The van der Waals surface area contributed by atoms with Crippen molar-refractivity contribution in [3.63, 3.8) is 0 Å². The molecule has 0 saturated heterocycles.